The van der Waals surface area contributed by atoms with Gasteiger partial charge in [-0.2, -0.15) is 0 Å². The average molecular weight is 288 g/mol. The van der Waals surface area contributed by atoms with Gasteiger partial charge in [0.1, 0.15) is 5.75 Å². The van der Waals surface area contributed by atoms with Crippen LogP contribution in [0.1, 0.15) is 32.4 Å². The van der Waals surface area contributed by atoms with Crippen LogP contribution >= 0.6 is 0 Å². The number of aliphatic hydroxyl groups excluding tert-OH is 1. The van der Waals surface area contributed by atoms with Gasteiger partial charge in [-0.1, -0.05) is 37.6 Å². The molecule has 2 N–H and O–H groups in total. The Balaban J connectivity index is 2.01. The summed E-state index contributed by atoms with van der Waals surface area (Å²) in [4.78, 5) is 0. The Hall–Kier alpha value is -1.32. The first kappa shape index (κ1) is 14.6. The summed E-state index contributed by atoms with van der Waals surface area (Å²) in [5, 5.41) is 19.4. The Morgan fingerprint density at radius 2 is 1.90 bits per heavy atom. The first-order valence-corrected chi connectivity index (χ1v) is 7.69. The fourth-order valence-corrected chi connectivity index (χ4v) is 4.25. The van der Waals surface area contributed by atoms with E-state index in [0.29, 0.717) is 18.4 Å². The summed E-state index contributed by atoms with van der Waals surface area (Å²) in [7, 11) is 0. The number of rotatable bonds is 2. The van der Waals surface area contributed by atoms with Crippen molar-refractivity contribution >= 4 is 0 Å². The minimum Gasteiger partial charge on any atom is -0.508 e. The van der Waals surface area contributed by atoms with E-state index in [4.69, 9.17) is 4.74 Å². The van der Waals surface area contributed by atoms with Crippen LogP contribution in [0.25, 0.3) is 0 Å². The standard InChI is InChI=1S/C18H24O3/c1-11-8-12(2)18(9-19)10-21-17(16(11)13(18)3)14-4-6-15(20)7-5-14/h4-8,12-13,16-17,19-20H,9-10H2,1-3H3/t12-,13-,16-,17+,18+/m1/s1. The van der Waals surface area contributed by atoms with Crippen molar-refractivity contribution in [2.24, 2.45) is 23.2 Å². The van der Waals surface area contributed by atoms with E-state index in [9.17, 15) is 10.2 Å². The number of fused-ring (bicyclic) bond motifs is 2. The van der Waals surface area contributed by atoms with E-state index in [-0.39, 0.29) is 29.8 Å². The molecule has 21 heavy (non-hydrogen) atoms. The van der Waals surface area contributed by atoms with Crippen LogP contribution in [0.2, 0.25) is 0 Å². The number of benzene rings is 1. The van der Waals surface area contributed by atoms with Gasteiger partial charge in [-0.3, -0.25) is 0 Å². The van der Waals surface area contributed by atoms with Crippen molar-refractivity contribution in [3.63, 3.8) is 0 Å². The Labute approximate surface area is 126 Å². The molecule has 1 heterocycles. The van der Waals surface area contributed by atoms with Gasteiger partial charge in [0.25, 0.3) is 0 Å². The maximum atomic E-state index is 9.97. The Bertz CT molecular complexity index is 548. The van der Waals surface area contributed by atoms with E-state index >= 15 is 0 Å². The van der Waals surface area contributed by atoms with E-state index in [1.807, 2.05) is 12.1 Å². The number of hydrogen-bond donors (Lipinski definition) is 2. The number of aliphatic hydroxyl groups is 1. The summed E-state index contributed by atoms with van der Waals surface area (Å²) in [6.07, 6.45) is 2.31. The van der Waals surface area contributed by atoms with Gasteiger partial charge in [0.2, 0.25) is 0 Å². The van der Waals surface area contributed by atoms with Crippen molar-refractivity contribution in [3.8, 4) is 5.75 Å². The van der Waals surface area contributed by atoms with Crippen LogP contribution in [0, 0.1) is 23.2 Å². The highest BCUT2D eigenvalue weighted by atomic mass is 16.5. The monoisotopic (exact) mass is 288 g/mol. The largest absolute Gasteiger partial charge is 0.508 e. The molecule has 5 atom stereocenters. The van der Waals surface area contributed by atoms with E-state index < -0.39 is 0 Å². The van der Waals surface area contributed by atoms with Gasteiger partial charge >= 0.3 is 0 Å². The highest BCUT2D eigenvalue weighted by molar-refractivity contribution is 5.31. The van der Waals surface area contributed by atoms with Crippen molar-refractivity contribution in [2.45, 2.75) is 26.9 Å². The Kier molecular flexibility index (Phi) is 3.58. The minimum absolute atomic E-state index is 0.00373. The predicted molar refractivity (Wildman–Crippen MR) is 81.9 cm³/mol. The van der Waals surface area contributed by atoms with Crippen molar-refractivity contribution in [1.29, 1.82) is 0 Å². The third kappa shape index (κ3) is 2.11. The quantitative estimate of drug-likeness (QED) is 0.821. The number of hydrogen-bond acceptors (Lipinski definition) is 3. The zero-order chi connectivity index (χ0) is 15.2. The molecule has 3 heteroatoms. The predicted octanol–water partition coefficient (Wildman–Crippen LogP) is 3.29. The lowest BCUT2D eigenvalue weighted by molar-refractivity contribution is -0.165. The molecule has 3 nitrogen and oxygen atoms in total. The van der Waals surface area contributed by atoms with Crippen molar-refractivity contribution in [2.75, 3.05) is 13.2 Å². The van der Waals surface area contributed by atoms with Crippen LogP contribution in [0.4, 0.5) is 0 Å². The Morgan fingerprint density at radius 1 is 1.24 bits per heavy atom. The zero-order valence-electron chi connectivity index (χ0n) is 12.9. The van der Waals surface area contributed by atoms with Crippen LogP contribution < -0.4 is 0 Å². The molecule has 0 unspecified atom stereocenters. The smallest absolute Gasteiger partial charge is 0.115 e. The number of aromatic hydroxyl groups is 1. The van der Waals surface area contributed by atoms with Crippen LogP contribution in [0.5, 0.6) is 5.75 Å². The fourth-order valence-electron chi connectivity index (χ4n) is 4.25. The topological polar surface area (TPSA) is 49.7 Å². The fraction of sp³-hybridized carbons (Fsp3) is 0.556. The molecule has 0 radical (unpaired) electrons. The lowest BCUT2D eigenvalue weighted by Gasteiger charge is -2.55. The van der Waals surface area contributed by atoms with Crippen molar-refractivity contribution in [3.05, 3.63) is 41.5 Å². The summed E-state index contributed by atoms with van der Waals surface area (Å²) in [5.74, 6) is 1.26. The first-order valence-electron chi connectivity index (χ1n) is 7.69. The minimum atomic E-state index is -0.169. The van der Waals surface area contributed by atoms with Crippen molar-refractivity contribution < 1.29 is 14.9 Å². The second-order valence-electron chi connectivity index (χ2n) is 6.73. The van der Waals surface area contributed by atoms with Crippen LogP contribution in [0.15, 0.2) is 35.9 Å². The lowest BCUT2D eigenvalue weighted by Crippen LogP contribution is -2.53. The molecule has 2 bridgehead atoms. The van der Waals surface area contributed by atoms with Crippen molar-refractivity contribution in [1.82, 2.24) is 0 Å². The van der Waals surface area contributed by atoms with Gasteiger partial charge in [0.15, 0.2) is 0 Å². The molecule has 1 aliphatic carbocycles. The highest BCUT2D eigenvalue weighted by Gasteiger charge is 2.53. The van der Waals surface area contributed by atoms with Gasteiger partial charge in [-0.15, -0.1) is 0 Å². The second kappa shape index (κ2) is 5.15. The number of allylic oxidation sites excluding steroid dienone is 1. The van der Waals surface area contributed by atoms with Gasteiger partial charge in [0, 0.05) is 11.3 Å². The molecule has 0 saturated carbocycles. The molecule has 1 fully saturated rings. The molecule has 0 aromatic heterocycles. The summed E-state index contributed by atoms with van der Waals surface area (Å²) in [5.41, 5.74) is 2.27. The molecular formula is C18H24O3. The van der Waals surface area contributed by atoms with Gasteiger partial charge < -0.3 is 14.9 Å². The molecule has 3 rings (SSSR count). The maximum absolute atomic E-state index is 9.97. The summed E-state index contributed by atoms with van der Waals surface area (Å²) in [6, 6.07) is 7.29. The molecular weight excluding hydrogens is 264 g/mol. The molecule has 1 aromatic rings. The maximum Gasteiger partial charge on any atom is 0.115 e. The van der Waals surface area contributed by atoms with E-state index in [0.717, 1.165) is 5.56 Å². The Morgan fingerprint density at radius 3 is 2.52 bits per heavy atom. The van der Waals surface area contributed by atoms with Gasteiger partial charge in [-0.05, 0) is 36.5 Å². The normalized spacial score (nSPS) is 39.0. The van der Waals surface area contributed by atoms with Gasteiger partial charge in [-0.25, -0.2) is 0 Å². The SMILES string of the molecule is CC1=C[C@@H](C)[C@]2(CO)CO[C@@H](c3ccc(O)cc3)[C@H]1[C@H]2C. The lowest BCUT2D eigenvalue weighted by atomic mass is 9.56. The third-order valence-electron chi connectivity index (χ3n) is 5.76. The summed E-state index contributed by atoms with van der Waals surface area (Å²) < 4.78 is 6.19. The number of phenols is 1. The van der Waals surface area contributed by atoms with Crippen LogP contribution in [0.3, 0.4) is 0 Å². The number of ether oxygens (including phenoxy) is 1. The van der Waals surface area contributed by atoms with E-state index in [2.05, 4.69) is 26.8 Å². The summed E-state index contributed by atoms with van der Waals surface area (Å²) in [6.45, 7) is 7.33. The van der Waals surface area contributed by atoms with E-state index in [1.165, 1.54) is 5.57 Å². The third-order valence-corrected chi connectivity index (χ3v) is 5.76. The summed E-state index contributed by atoms with van der Waals surface area (Å²) >= 11 is 0. The highest BCUT2D eigenvalue weighted by Crippen LogP contribution is 2.55. The molecule has 1 aliphatic heterocycles. The second-order valence-corrected chi connectivity index (χ2v) is 6.73. The molecule has 114 valence electrons. The van der Waals surface area contributed by atoms with Crippen LogP contribution in [-0.2, 0) is 4.74 Å². The first-order chi connectivity index (χ1) is 9.99. The van der Waals surface area contributed by atoms with Crippen LogP contribution in [-0.4, -0.2) is 23.4 Å². The van der Waals surface area contributed by atoms with E-state index in [1.54, 1.807) is 12.1 Å². The zero-order valence-corrected chi connectivity index (χ0v) is 12.9. The number of phenolic OH excluding ortho intramolecular Hbond substituents is 1. The average Bonchev–Trinajstić information content (AvgIpc) is 2.46. The molecule has 1 saturated heterocycles. The molecule has 1 aromatic carbocycles. The van der Waals surface area contributed by atoms with Gasteiger partial charge in [0.05, 0.1) is 19.3 Å². The molecule has 0 spiro atoms. The molecule has 0 amide bonds. The molecule has 2 aliphatic rings.